The first-order valence-corrected chi connectivity index (χ1v) is 6.86. The summed E-state index contributed by atoms with van der Waals surface area (Å²) in [5.41, 5.74) is 6.94. The number of aromatic nitrogens is 1. The van der Waals surface area contributed by atoms with Crippen LogP contribution < -0.4 is 5.43 Å². The molecule has 106 valence electrons. The molecule has 0 bridgehead atoms. The van der Waals surface area contributed by atoms with Crippen LogP contribution in [0.15, 0.2) is 36.4 Å². The molecule has 0 aliphatic rings. The van der Waals surface area contributed by atoms with Crippen molar-refractivity contribution in [2.45, 2.75) is 40.0 Å². The van der Waals surface area contributed by atoms with Gasteiger partial charge in [0.25, 0.3) is 5.91 Å². The lowest BCUT2D eigenvalue weighted by molar-refractivity contribution is 0.101. The van der Waals surface area contributed by atoms with E-state index in [2.05, 4.69) is 26.2 Å². The molecule has 1 amide bonds. The van der Waals surface area contributed by atoms with Crippen LogP contribution in [-0.4, -0.2) is 10.6 Å². The summed E-state index contributed by atoms with van der Waals surface area (Å²) in [6, 6.07) is 11.8. The monoisotopic (exact) mass is 270 g/mol. The fourth-order valence-corrected chi connectivity index (χ4v) is 2.13. The van der Waals surface area contributed by atoms with Crippen molar-refractivity contribution in [3.8, 4) is 0 Å². The lowest BCUT2D eigenvalue weighted by Gasteiger charge is -2.19. The van der Waals surface area contributed by atoms with E-state index >= 15 is 0 Å². The largest absolute Gasteiger partial charge is 0.270 e. The van der Waals surface area contributed by atoms with Gasteiger partial charge in [0.15, 0.2) is 0 Å². The highest BCUT2D eigenvalue weighted by Gasteiger charge is 2.14. The van der Waals surface area contributed by atoms with Gasteiger partial charge in [-0.3, -0.25) is 14.9 Å². The lowest BCUT2D eigenvalue weighted by Crippen LogP contribution is -2.24. The summed E-state index contributed by atoms with van der Waals surface area (Å²) >= 11 is 0. The van der Waals surface area contributed by atoms with E-state index < -0.39 is 0 Å². The smallest absolute Gasteiger partial charge is 0.267 e. The number of benzene rings is 1. The van der Waals surface area contributed by atoms with Gasteiger partial charge < -0.3 is 0 Å². The molecule has 0 saturated heterocycles. The lowest BCUT2D eigenvalue weighted by atomic mass is 9.87. The second-order valence-corrected chi connectivity index (χ2v) is 6.22. The molecule has 1 aromatic carbocycles. The third kappa shape index (κ3) is 2.93. The molecular formula is C17H22N2O. The molecule has 3 nitrogen and oxygen atoms in total. The zero-order valence-electron chi connectivity index (χ0n) is 12.8. The summed E-state index contributed by atoms with van der Waals surface area (Å²) in [5.74, 6) is -0.0899. The molecule has 0 unspecified atom stereocenters. The number of rotatable bonds is 2. The molecule has 20 heavy (non-hydrogen) atoms. The molecule has 2 rings (SSSR count). The van der Waals surface area contributed by atoms with E-state index in [1.807, 2.05) is 50.2 Å². The second-order valence-electron chi connectivity index (χ2n) is 6.22. The summed E-state index contributed by atoms with van der Waals surface area (Å²) in [6.07, 6.45) is 0. The molecule has 0 saturated carbocycles. The zero-order chi connectivity index (χ0) is 14.9. The quantitative estimate of drug-likeness (QED) is 0.885. The first kappa shape index (κ1) is 14.4. The van der Waals surface area contributed by atoms with Crippen molar-refractivity contribution in [1.82, 2.24) is 4.68 Å². The Labute approximate surface area is 120 Å². The summed E-state index contributed by atoms with van der Waals surface area (Å²) in [7, 11) is 0. The number of hydrogen-bond donors (Lipinski definition) is 1. The van der Waals surface area contributed by atoms with Crippen molar-refractivity contribution < 1.29 is 4.79 Å². The molecule has 0 fully saturated rings. The van der Waals surface area contributed by atoms with E-state index in [0.29, 0.717) is 5.56 Å². The standard InChI is InChI=1S/C17H22N2O/c1-12-6-7-13(2)19(12)18-16(20)14-8-10-15(11-9-14)17(3,4)5/h6-11H,1-5H3,(H,18,20). The highest BCUT2D eigenvalue weighted by Crippen LogP contribution is 2.22. The molecule has 3 heteroatoms. The van der Waals surface area contributed by atoms with Crippen LogP contribution in [-0.2, 0) is 5.41 Å². The van der Waals surface area contributed by atoms with Crippen LogP contribution in [0, 0.1) is 13.8 Å². The first-order valence-electron chi connectivity index (χ1n) is 6.86. The number of nitrogens with zero attached hydrogens (tertiary/aromatic N) is 1. The maximum Gasteiger partial charge on any atom is 0.270 e. The van der Waals surface area contributed by atoms with Gasteiger partial charge in [-0.1, -0.05) is 32.9 Å². The van der Waals surface area contributed by atoms with Gasteiger partial charge in [-0.2, -0.15) is 0 Å². The van der Waals surface area contributed by atoms with E-state index in [1.165, 1.54) is 5.56 Å². The van der Waals surface area contributed by atoms with Gasteiger partial charge in [0, 0.05) is 17.0 Å². The maximum atomic E-state index is 12.2. The van der Waals surface area contributed by atoms with Crippen LogP contribution in [0.2, 0.25) is 0 Å². The molecular weight excluding hydrogens is 248 g/mol. The maximum absolute atomic E-state index is 12.2. The molecule has 0 aliphatic heterocycles. The number of nitrogens with one attached hydrogen (secondary N) is 1. The summed E-state index contributed by atoms with van der Waals surface area (Å²) < 4.78 is 1.81. The number of carbonyl (C=O) groups excluding carboxylic acids is 1. The van der Waals surface area contributed by atoms with Crippen LogP contribution >= 0.6 is 0 Å². The van der Waals surface area contributed by atoms with Crippen molar-refractivity contribution >= 4 is 5.91 Å². The van der Waals surface area contributed by atoms with E-state index in [-0.39, 0.29) is 11.3 Å². The predicted molar refractivity (Wildman–Crippen MR) is 82.7 cm³/mol. The molecule has 0 spiro atoms. The van der Waals surface area contributed by atoms with Gasteiger partial charge >= 0.3 is 0 Å². The molecule has 0 atom stereocenters. The van der Waals surface area contributed by atoms with Gasteiger partial charge in [-0.25, -0.2) is 0 Å². The van der Waals surface area contributed by atoms with E-state index in [1.54, 1.807) is 4.68 Å². The Morgan fingerprint density at radius 3 is 1.90 bits per heavy atom. The second kappa shape index (κ2) is 5.16. The molecule has 2 aromatic rings. The summed E-state index contributed by atoms with van der Waals surface area (Å²) in [4.78, 5) is 12.2. The van der Waals surface area contributed by atoms with Crippen molar-refractivity contribution in [2.24, 2.45) is 0 Å². The van der Waals surface area contributed by atoms with Crippen LogP contribution in [0.4, 0.5) is 0 Å². The topological polar surface area (TPSA) is 34.0 Å². The third-order valence-corrected chi connectivity index (χ3v) is 3.50. The van der Waals surface area contributed by atoms with Gasteiger partial charge in [-0.15, -0.1) is 0 Å². The van der Waals surface area contributed by atoms with Gasteiger partial charge in [0.2, 0.25) is 0 Å². The SMILES string of the molecule is Cc1ccc(C)n1NC(=O)c1ccc(C(C)(C)C)cc1. The van der Waals surface area contributed by atoms with Crippen molar-refractivity contribution in [1.29, 1.82) is 0 Å². The Morgan fingerprint density at radius 1 is 0.950 bits per heavy atom. The predicted octanol–water partition coefficient (Wildman–Crippen LogP) is 3.79. The Morgan fingerprint density at radius 2 is 1.45 bits per heavy atom. The fraction of sp³-hybridized carbons (Fsp3) is 0.353. The molecule has 0 aliphatic carbocycles. The van der Waals surface area contributed by atoms with Crippen molar-refractivity contribution in [3.05, 3.63) is 58.9 Å². The first-order chi connectivity index (χ1) is 9.29. The van der Waals surface area contributed by atoms with Crippen LogP contribution in [0.3, 0.4) is 0 Å². The fourth-order valence-electron chi connectivity index (χ4n) is 2.13. The normalized spacial score (nSPS) is 11.4. The molecule has 1 aromatic heterocycles. The highest BCUT2D eigenvalue weighted by molar-refractivity contribution is 6.00. The van der Waals surface area contributed by atoms with Crippen molar-refractivity contribution in [2.75, 3.05) is 5.43 Å². The summed E-state index contributed by atoms with van der Waals surface area (Å²) in [5, 5.41) is 0. The van der Waals surface area contributed by atoms with Crippen LogP contribution in [0.5, 0.6) is 0 Å². The van der Waals surface area contributed by atoms with Crippen LogP contribution in [0.25, 0.3) is 0 Å². The van der Waals surface area contributed by atoms with E-state index in [0.717, 1.165) is 11.4 Å². The zero-order valence-corrected chi connectivity index (χ0v) is 12.8. The highest BCUT2D eigenvalue weighted by atomic mass is 16.2. The number of hydrogen-bond acceptors (Lipinski definition) is 1. The van der Waals surface area contributed by atoms with Crippen molar-refractivity contribution in [3.63, 3.8) is 0 Å². The number of amides is 1. The Balaban J connectivity index is 2.18. The number of carbonyl (C=O) groups is 1. The Hall–Kier alpha value is -2.03. The van der Waals surface area contributed by atoms with Gasteiger partial charge in [0.05, 0.1) is 0 Å². The molecule has 1 N–H and O–H groups in total. The minimum Gasteiger partial charge on any atom is -0.267 e. The average molecular weight is 270 g/mol. The molecule has 1 heterocycles. The average Bonchev–Trinajstić information content (AvgIpc) is 2.69. The molecule has 0 radical (unpaired) electrons. The minimum atomic E-state index is -0.0899. The summed E-state index contributed by atoms with van der Waals surface area (Å²) in [6.45, 7) is 10.4. The third-order valence-electron chi connectivity index (χ3n) is 3.50. The van der Waals surface area contributed by atoms with E-state index in [4.69, 9.17) is 0 Å². The van der Waals surface area contributed by atoms with Gasteiger partial charge in [-0.05, 0) is 49.1 Å². The van der Waals surface area contributed by atoms with Crippen LogP contribution in [0.1, 0.15) is 48.1 Å². The Kier molecular flexibility index (Phi) is 3.71. The van der Waals surface area contributed by atoms with E-state index in [9.17, 15) is 4.79 Å². The minimum absolute atomic E-state index is 0.0899. The Bertz CT molecular complexity index is 596. The number of aryl methyl sites for hydroxylation is 2. The van der Waals surface area contributed by atoms with Gasteiger partial charge in [0.1, 0.15) is 0 Å².